The van der Waals surface area contributed by atoms with Gasteiger partial charge in [0.1, 0.15) is 5.75 Å². The highest BCUT2D eigenvalue weighted by Gasteiger charge is 2.11. The molecular weight excluding hydrogens is 410 g/mol. The van der Waals surface area contributed by atoms with Crippen LogP contribution < -0.4 is 20.7 Å². The first-order chi connectivity index (χ1) is 14.0. The molecule has 0 aliphatic carbocycles. The third-order valence-electron chi connectivity index (χ3n) is 3.62. The van der Waals surface area contributed by atoms with E-state index in [0.717, 1.165) is 5.56 Å². The van der Waals surface area contributed by atoms with E-state index in [4.69, 9.17) is 4.74 Å². The van der Waals surface area contributed by atoms with Crippen LogP contribution in [0.2, 0.25) is 0 Å². The van der Waals surface area contributed by atoms with E-state index in [1.54, 1.807) is 31.4 Å². The summed E-state index contributed by atoms with van der Waals surface area (Å²) in [6.07, 6.45) is 0. The van der Waals surface area contributed by atoms with E-state index in [1.807, 2.05) is 31.2 Å². The Labute approximate surface area is 176 Å². The van der Waals surface area contributed by atoms with Crippen LogP contribution in [0.25, 0.3) is 0 Å². The molecule has 0 spiro atoms. The van der Waals surface area contributed by atoms with Gasteiger partial charge in [-0.1, -0.05) is 46.9 Å². The molecular formula is C19H19N5O3S2. The molecule has 0 radical (unpaired) electrons. The maximum atomic E-state index is 12.1. The van der Waals surface area contributed by atoms with Crippen LogP contribution in [0, 0.1) is 6.92 Å². The van der Waals surface area contributed by atoms with Gasteiger partial charge in [-0.3, -0.25) is 10.1 Å². The van der Waals surface area contributed by atoms with Crippen molar-refractivity contribution in [2.45, 2.75) is 11.3 Å². The van der Waals surface area contributed by atoms with Crippen LogP contribution in [0.4, 0.5) is 21.3 Å². The van der Waals surface area contributed by atoms with Gasteiger partial charge in [0.15, 0.2) is 4.34 Å². The van der Waals surface area contributed by atoms with Crippen LogP contribution in [-0.2, 0) is 4.79 Å². The van der Waals surface area contributed by atoms with Crippen molar-refractivity contribution in [2.75, 3.05) is 28.8 Å². The van der Waals surface area contributed by atoms with Gasteiger partial charge in [-0.15, -0.1) is 10.2 Å². The Hall–Kier alpha value is -3.11. The number of nitrogens with zero attached hydrogens (tertiary/aromatic N) is 2. The van der Waals surface area contributed by atoms with Crippen molar-refractivity contribution in [1.82, 2.24) is 10.2 Å². The van der Waals surface area contributed by atoms with E-state index < -0.39 is 6.03 Å². The maximum absolute atomic E-state index is 12.1. The number of urea groups is 1. The Morgan fingerprint density at radius 2 is 1.83 bits per heavy atom. The summed E-state index contributed by atoms with van der Waals surface area (Å²) in [6.45, 7) is 1.97. The van der Waals surface area contributed by atoms with Crippen molar-refractivity contribution in [1.29, 1.82) is 0 Å². The number of carbonyl (C=O) groups excluding carboxylic acids is 2. The first kappa shape index (κ1) is 20.6. The monoisotopic (exact) mass is 429 g/mol. The second-order valence-corrected chi connectivity index (χ2v) is 8.09. The predicted molar refractivity (Wildman–Crippen MR) is 116 cm³/mol. The van der Waals surface area contributed by atoms with Crippen molar-refractivity contribution in [2.24, 2.45) is 0 Å². The van der Waals surface area contributed by atoms with E-state index in [1.165, 1.54) is 23.1 Å². The summed E-state index contributed by atoms with van der Waals surface area (Å²) in [5, 5.41) is 16.4. The lowest BCUT2D eigenvalue weighted by Gasteiger charge is -2.06. The summed E-state index contributed by atoms with van der Waals surface area (Å²) in [7, 11) is 1.57. The summed E-state index contributed by atoms with van der Waals surface area (Å²) in [4.78, 5) is 24.1. The average Bonchev–Trinajstić information content (AvgIpc) is 3.15. The Morgan fingerprint density at radius 3 is 2.59 bits per heavy atom. The lowest BCUT2D eigenvalue weighted by Crippen LogP contribution is -2.19. The van der Waals surface area contributed by atoms with Gasteiger partial charge < -0.3 is 15.4 Å². The number of hydrogen-bond acceptors (Lipinski definition) is 7. The molecule has 0 unspecified atom stereocenters. The van der Waals surface area contributed by atoms with Crippen LogP contribution in [0.5, 0.6) is 5.75 Å². The van der Waals surface area contributed by atoms with Gasteiger partial charge in [0.2, 0.25) is 11.0 Å². The van der Waals surface area contributed by atoms with Gasteiger partial charge in [0, 0.05) is 17.4 Å². The van der Waals surface area contributed by atoms with E-state index in [-0.39, 0.29) is 11.7 Å². The summed E-state index contributed by atoms with van der Waals surface area (Å²) in [5.41, 5.74) is 2.45. The topological polar surface area (TPSA) is 105 Å². The van der Waals surface area contributed by atoms with Crippen molar-refractivity contribution in [3.63, 3.8) is 0 Å². The number of hydrogen-bond donors (Lipinski definition) is 3. The molecule has 0 atom stereocenters. The van der Waals surface area contributed by atoms with Crippen LogP contribution in [0.15, 0.2) is 52.9 Å². The molecule has 150 valence electrons. The van der Waals surface area contributed by atoms with Gasteiger partial charge in [-0.2, -0.15) is 0 Å². The summed E-state index contributed by atoms with van der Waals surface area (Å²) in [6, 6.07) is 14.2. The molecule has 0 aliphatic heterocycles. The number of ether oxygens (including phenoxy) is 1. The van der Waals surface area contributed by atoms with Crippen LogP contribution in [0.3, 0.4) is 0 Å². The quantitative estimate of drug-likeness (QED) is 0.383. The second-order valence-electron chi connectivity index (χ2n) is 5.89. The second kappa shape index (κ2) is 9.89. The number of thioether (sulfide) groups is 1. The number of rotatable bonds is 7. The van der Waals surface area contributed by atoms with Gasteiger partial charge >= 0.3 is 6.03 Å². The van der Waals surface area contributed by atoms with Crippen LogP contribution >= 0.6 is 23.1 Å². The Morgan fingerprint density at radius 1 is 1.03 bits per heavy atom. The zero-order valence-corrected chi connectivity index (χ0v) is 17.4. The number of nitrogens with one attached hydrogen (secondary N) is 3. The van der Waals surface area contributed by atoms with Crippen LogP contribution in [-0.4, -0.2) is 35.0 Å². The summed E-state index contributed by atoms with van der Waals surface area (Å²) >= 11 is 2.44. The Kier molecular flexibility index (Phi) is 7.04. The molecule has 1 heterocycles. The number of methoxy groups -OCH3 is 1. The molecule has 0 fully saturated rings. The highest BCUT2D eigenvalue weighted by atomic mass is 32.2. The molecule has 3 N–H and O–H groups in total. The third-order valence-corrected chi connectivity index (χ3v) is 5.59. The predicted octanol–water partition coefficient (Wildman–Crippen LogP) is 4.23. The maximum Gasteiger partial charge on any atom is 0.325 e. The number of aromatic nitrogens is 2. The van der Waals surface area contributed by atoms with Crippen molar-refractivity contribution in [3.8, 4) is 5.75 Å². The molecule has 3 rings (SSSR count). The molecule has 29 heavy (non-hydrogen) atoms. The lowest BCUT2D eigenvalue weighted by molar-refractivity contribution is -0.113. The number of carbonyl (C=O) groups is 2. The minimum absolute atomic E-state index is 0.168. The number of amides is 3. The molecule has 8 nitrogen and oxygen atoms in total. The average molecular weight is 430 g/mol. The standard InChI is InChI=1S/C19H19N5O3S2/c1-12-6-8-13(9-7-12)21-17(26)22-18-23-24-19(29-18)28-11-16(25)20-14-4-3-5-15(10-14)27-2/h3-10H,11H2,1-2H3,(H,20,25)(H2,21,22,23,26). The molecule has 3 amide bonds. The third kappa shape index (κ3) is 6.47. The van der Waals surface area contributed by atoms with Crippen molar-refractivity contribution >= 4 is 51.5 Å². The molecule has 2 aromatic carbocycles. The molecule has 1 aromatic heterocycles. The van der Waals surface area contributed by atoms with Gasteiger partial charge in [0.25, 0.3) is 0 Å². The molecule has 0 bridgehead atoms. The highest BCUT2D eigenvalue weighted by molar-refractivity contribution is 8.01. The van der Waals surface area contributed by atoms with E-state index in [9.17, 15) is 9.59 Å². The molecule has 0 aliphatic rings. The van der Waals surface area contributed by atoms with Crippen LogP contribution in [0.1, 0.15) is 5.56 Å². The fraction of sp³-hybridized carbons (Fsp3) is 0.158. The van der Waals surface area contributed by atoms with Gasteiger partial charge in [-0.05, 0) is 31.2 Å². The number of benzene rings is 2. The smallest absolute Gasteiger partial charge is 0.325 e. The fourth-order valence-corrected chi connectivity index (χ4v) is 3.79. The zero-order valence-electron chi connectivity index (χ0n) is 15.8. The highest BCUT2D eigenvalue weighted by Crippen LogP contribution is 2.26. The number of aryl methyl sites for hydroxylation is 1. The van der Waals surface area contributed by atoms with E-state index in [2.05, 4.69) is 26.1 Å². The summed E-state index contributed by atoms with van der Waals surface area (Å²) < 4.78 is 5.71. The first-order valence-electron chi connectivity index (χ1n) is 8.57. The minimum Gasteiger partial charge on any atom is -0.497 e. The molecule has 10 heteroatoms. The minimum atomic E-state index is -0.405. The van der Waals surface area contributed by atoms with Crippen molar-refractivity contribution in [3.05, 3.63) is 54.1 Å². The van der Waals surface area contributed by atoms with Gasteiger partial charge in [0.05, 0.1) is 12.9 Å². The Balaban J connectivity index is 1.46. The van der Waals surface area contributed by atoms with Crippen molar-refractivity contribution < 1.29 is 14.3 Å². The SMILES string of the molecule is COc1cccc(NC(=O)CSc2nnc(NC(=O)Nc3ccc(C)cc3)s2)c1. The summed E-state index contributed by atoms with van der Waals surface area (Å²) in [5.74, 6) is 0.658. The molecule has 3 aromatic rings. The largest absolute Gasteiger partial charge is 0.497 e. The number of anilines is 3. The Bertz CT molecular complexity index is 992. The van der Waals surface area contributed by atoms with E-state index in [0.29, 0.717) is 26.6 Å². The molecule has 0 saturated carbocycles. The first-order valence-corrected chi connectivity index (χ1v) is 10.4. The fourth-order valence-electron chi connectivity index (χ4n) is 2.24. The van der Waals surface area contributed by atoms with Gasteiger partial charge in [-0.25, -0.2) is 4.79 Å². The zero-order chi connectivity index (χ0) is 20.6. The molecule has 0 saturated heterocycles. The van der Waals surface area contributed by atoms with E-state index >= 15 is 0 Å². The lowest BCUT2D eigenvalue weighted by atomic mass is 10.2. The normalized spacial score (nSPS) is 10.3.